The molecule has 0 radical (unpaired) electrons. The molecule has 0 amide bonds. The van der Waals surface area contributed by atoms with Gasteiger partial charge in [0.2, 0.25) is 0 Å². The van der Waals surface area contributed by atoms with E-state index in [4.69, 9.17) is 4.74 Å². The minimum Gasteiger partial charge on any atom is -0.492 e. The molecule has 1 rings (SSSR count). The first-order chi connectivity index (χ1) is 8.83. The molecule has 0 fully saturated rings. The van der Waals surface area contributed by atoms with Crippen LogP contribution < -0.4 is 10.1 Å². The molecule has 0 aromatic heterocycles. The van der Waals surface area contributed by atoms with Crippen LogP contribution >= 0.6 is 31.9 Å². The van der Waals surface area contributed by atoms with Crippen molar-refractivity contribution in [3.8, 4) is 5.75 Å². The minimum atomic E-state index is -2.93. The van der Waals surface area contributed by atoms with Crippen LogP contribution in [-0.2, 0) is 16.4 Å². The molecule has 1 N–H and O–H groups in total. The lowest BCUT2D eigenvalue weighted by molar-refractivity contribution is 0.333. The third-order valence-electron chi connectivity index (χ3n) is 2.34. The molecule has 7 heteroatoms. The number of sulfone groups is 1. The summed E-state index contributed by atoms with van der Waals surface area (Å²) in [4.78, 5) is 0. The van der Waals surface area contributed by atoms with Gasteiger partial charge in [0.1, 0.15) is 15.6 Å². The Hall–Kier alpha value is -0.110. The molecule has 4 nitrogen and oxygen atoms in total. The van der Waals surface area contributed by atoms with Crippen molar-refractivity contribution in [2.75, 3.05) is 25.2 Å². The maximum Gasteiger partial charge on any atom is 0.148 e. The summed E-state index contributed by atoms with van der Waals surface area (Å²) >= 11 is 6.89. The molecule has 1 aromatic carbocycles. The summed E-state index contributed by atoms with van der Waals surface area (Å²) in [6, 6.07) is 3.88. The van der Waals surface area contributed by atoms with Crippen LogP contribution in [-0.4, -0.2) is 33.6 Å². The lowest BCUT2D eigenvalue weighted by atomic mass is 10.2. The van der Waals surface area contributed by atoms with Gasteiger partial charge in [-0.15, -0.1) is 0 Å². The zero-order valence-corrected chi connectivity index (χ0v) is 14.9. The molecule has 0 aliphatic carbocycles. The monoisotopic (exact) mass is 413 g/mol. The van der Waals surface area contributed by atoms with Gasteiger partial charge in [-0.1, -0.05) is 15.9 Å². The second-order valence-electron chi connectivity index (χ2n) is 4.12. The van der Waals surface area contributed by atoms with Crippen molar-refractivity contribution in [3.63, 3.8) is 0 Å². The largest absolute Gasteiger partial charge is 0.492 e. The molecule has 0 aliphatic rings. The number of halogens is 2. The molecule has 19 heavy (non-hydrogen) atoms. The van der Waals surface area contributed by atoms with Gasteiger partial charge in [0, 0.05) is 29.4 Å². The van der Waals surface area contributed by atoms with Gasteiger partial charge >= 0.3 is 0 Å². The smallest absolute Gasteiger partial charge is 0.148 e. The van der Waals surface area contributed by atoms with Crippen molar-refractivity contribution in [2.45, 2.75) is 13.5 Å². The highest BCUT2D eigenvalue weighted by Crippen LogP contribution is 2.32. The Balaban J connectivity index is 2.71. The van der Waals surface area contributed by atoms with E-state index in [0.29, 0.717) is 19.7 Å². The Morgan fingerprint density at radius 2 is 2.00 bits per heavy atom. The zero-order valence-electron chi connectivity index (χ0n) is 10.9. The van der Waals surface area contributed by atoms with Gasteiger partial charge in [-0.05, 0) is 35.0 Å². The lowest BCUT2D eigenvalue weighted by Gasteiger charge is -2.13. The molecular weight excluding hydrogens is 398 g/mol. The van der Waals surface area contributed by atoms with E-state index >= 15 is 0 Å². The van der Waals surface area contributed by atoms with Crippen LogP contribution in [0.4, 0.5) is 0 Å². The maximum absolute atomic E-state index is 11.0. The second kappa shape index (κ2) is 7.61. The van der Waals surface area contributed by atoms with E-state index in [1.165, 1.54) is 6.26 Å². The van der Waals surface area contributed by atoms with Crippen LogP contribution in [0.25, 0.3) is 0 Å². The second-order valence-corrected chi connectivity index (χ2v) is 8.15. The van der Waals surface area contributed by atoms with Crippen LogP contribution in [0.3, 0.4) is 0 Å². The van der Waals surface area contributed by atoms with E-state index in [1.807, 2.05) is 19.1 Å². The van der Waals surface area contributed by atoms with Crippen molar-refractivity contribution in [2.24, 2.45) is 0 Å². The van der Waals surface area contributed by atoms with Crippen LogP contribution in [0, 0.1) is 0 Å². The van der Waals surface area contributed by atoms with E-state index in [9.17, 15) is 8.42 Å². The standard InChI is InChI=1S/C12H17Br2NO3S/c1-3-18-12-9(6-10(13)7-11(12)14)8-15-4-5-19(2,16)17/h6-7,15H,3-5,8H2,1-2H3. The first kappa shape index (κ1) is 16.9. The Kier molecular flexibility index (Phi) is 6.79. The van der Waals surface area contributed by atoms with Crippen LogP contribution in [0.5, 0.6) is 5.75 Å². The lowest BCUT2D eigenvalue weighted by Crippen LogP contribution is -2.22. The molecule has 0 atom stereocenters. The summed E-state index contributed by atoms with van der Waals surface area (Å²) in [6.07, 6.45) is 1.23. The summed E-state index contributed by atoms with van der Waals surface area (Å²) in [5.41, 5.74) is 0.983. The maximum atomic E-state index is 11.0. The summed E-state index contributed by atoms with van der Waals surface area (Å²) in [5, 5.41) is 3.11. The highest BCUT2D eigenvalue weighted by Gasteiger charge is 2.10. The fraction of sp³-hybridized carbons (Fsp3) is 0.500. The average molecular weight is 415 g/mol. The predicted molar refractivity (Wildman–Crippen MR) is 84.4 cm³/mol. The molecule has 0 heterocycles. The van der Waals surface area contributed by atoms with E-state index in [0.717, 1.165) is 20.3 Å². The topological polar surface area (TPSA) is 55.4 Å². The predicted octanol–water partition coefficient (Wildman–Crippen LogP) is 2.74. The summed E-state index contributed by atoms with van der Waals surface area (Å²) < 4.78 is 29.5. The van der Waals surface area contributed by atoms with Gasteiger partial charge in [-0.3, -0.25) is 0 Å². The van der Waals surface area contributed by atoms with Gasteiger partial charge in [0.25, 0.3) is 0 Å². The van der Waals surface area contributed by atoms with Crippen molar-refractivity contribution in [1.29, 1.82) is 0 Å². The van der Waals surface area contributed by atoms with Crippen molar-refractivity contribution in [1.82, 2.24) is 5.32 Å². The third-order valence-corrected chi connectivity index (χ3v) is 4.33. The number of nitrogens with one attached hydrogen (secondary N) is 1. The van der Waals surface area contributed by atoms with Crippen molar-refractivity contribution < 1.29 is 13.2 Å². The van der Waals surface area contributed by atoms with Crippen LogP contribution in [0.2, 0.25) is 0 Å². The molecule has 0 saturated heterocycles. The molecule has 0 saturated carbocycles. The van der Waals surface area contributed by atoms with Gasteiger partial charge < -0.3 is 10.1 Å². The Labute approximate surface area is 131 Å². The first-order valence-electron chi connectivity index (χ1n) is 5.82. The molecule has 0 bridgehead atoms. The SMILES string of the molecule is CCOc1c(Br)cc(Br)cc1CNCCS(C)(=O)=O. The average Bonchev–Trinajstić information content (AvgIpc) is 2.27. The number of hydrogen-bond donors (Lipinski definition) is 1. The molecule has 0 aliphatic heterocycles. The fourth-order valence-electron chi connectivity index (χ4n) is 1.53. The number of hydrogen-bond acceptors (Lipinski definition) is 4. The molecule has 0 spiro atoms. The van der Waals surface area contributed by atoms with Crippen molar-refractivity contribution >= 4 is 41.7 Å². The molecule has 1 aromatic rings. The van der Waals surface area contributed by atoms with Crippen LogP contribution in [0.1, 0.15) is 12.5 Å². The van der Waals surface area contributed by atoms with E-state index < -0.39 is 9.84 Å². The number of ether oxygens (including phenoxy) is 1. The summed E-state index contributed by atoms with van der Waals surface area (Å²) in [6.45, 7) is 3.49. The Bertz CT molecular complexity index is 532. The normalized spacial score (nSPS) is 11.6. The molecule has 0 unspecified atom stereocenters. The summed E-state index contributed by atoms with van der Waals surface area (Å²) in [5.74, 6) is 0.920. The van der Waals surface area contributed by atoms with E-state index in [-0.39, 0.29) is 5.75 Å². The molecule has 108 valence electrons. The minimum absolute atomic E-state index is 0.131. The van der Waals surface area contributed by atoms with Gasteiger partial charge in [0.05, 0.1) is 16.8 Å². The first-order valence-corrected chi connectivity index (χ1v) is 9.47. The van der Waals surface area contributed by atoms with Gasteiger partial charge in [-0.2, -0.15) is 0 Å². The summed E-state index contributed by atoms with van der Waals surface area (Å²) in [7, 11) is -2.93. The Morgan fingerprint density at radius 3 is 2.58 bits per heavy atom. The molecular formula is C12H17Br2NO3S. The van der Waals surface area contributed by atoms with E-state index in [2.05, 4.69) is 37.2 Å². The van der Waals surface area contributed by atoms with Gasteiger partial charge in [0.15, 0.2) is 0 Å². The quantitative estimate of drug-likeness (QED) is 0.697. The van der Waals surface area contributed by atoms with Gasteiger partial charge in [-0.25, -0.2) is 8.42 Å². The van der Waals surface area contributed by atoms with Crippen LogP contribution in [0.15, 0.2) is 21.1 Å². The number of rotatable bonds is 7. The number of benzene rings is 1. The highest BCUT2D eigenvalue weighted by molar-refractivity contribution is 9.11. The van der Waals surface area contributed by atoms with E-state index in [1.54, 1.807) is 0 Å². The highest BCUT2D eigenvalue weighted by atomic mass is 79.9. The third kappa shape index (κ3) is 6.25. The Morgan fingerprint density at radius 1 is 1.32 bits per heavy atom. The fourth-order valence-corrected chi connectivity index (χ4v) is 3.47. The zero-order chi connectivity index (χ0) is 14.5. The van der Waals surface area contributed by atoms with Crippen molar-refractivity contribution in [3.05, 3.63) is 26.6 Å².